The fourth-order valence-electron chi connectivity index (χ4n) is 0.972. The van der Waals surface area contributed by atoms with Crippen molar-refractivity contribution in [2.24, 2.45) is 0 Å². The van der Waals surface area contributed by atoms with Crippen molar-refractivity contribution in [3.63, 3.8) is 0 Å². The fraction of sp³-hybridized carbons (Fsp3) is 0. The van der Waals surface area contributed by atoms with Gasteiger partial charge in [0.1, 0.15) is 11.6 Å². The molecule has 0 atom stereocenters. The van der Waals surface area contributed by atoms with Crippen LogP contribution in [0.5, 0.6) is 0 Å². The van der Waals surface area contributed by atoms with Gasteiger partial charge in [-0.1, -0.05) is 23.2 Å². The molecule has 2 aromatic carbocycles. The normalized spacial score (nSPS) is 9.61. The number of hydrogen-bond acceptors (Lipinski definition) is 1. The van der Waals surface area contributed by atoms with Crippen LogP contribution in [0.1, 0.15) is 0 Å². The van der Waals surface area contributed by atoms with E-state index < -0.39 is 5.82 Å². The lowest BCUT2D eigenvalue weighted by Gasteiger charge is -1.93. The van der Waals surface area contributed by atoms with Crippen molar-refractivity contribution >= 4 is 44.8 Å². The minimum Gasteiger partial charge on any atom is -0.396 e. The highest BCUT2D eigenvalue weighted by Crippen LogP contribution is 2.18. The molecule has 96 valence electrons. The first-order valence-corrected chi connectivity index (χ1v) is 6.26. The molecule has 0 amide bonds. The van der Waals surface area contributed by atoms with E-state index in [-0.39, 0.29) is 11.5 Å². The highest BCUT2D eigenvalue weighted by Gasteiger charge is 1.96. The number of nitrogen functional groups attached to an aromatic ring is 1. The number of rotatable bonds is 0. The minimum atomic E-state index is -0.470. The Balaban J connectivity index is 0.000000180. The molecule has 0 aliphatic rings. The zero-order chi connectivity index (χ0) is 13.7. The Morgan fingerprint density at radius 1 is 0.889 bits per heavy atom. The van der Waals surface area contributed by atoms with E-state index in [4.69, 9.17) is 28.9 Å². The molecule has 0 radical (unpaired) electrons. The fourth-order valence-corrected chi connectivity index (χ4v) is 1.54. The Morgan fingerprint density at radius 2 is 1.39 bits per heavy atom. The van der Waals surface area contributed by atoms with E-state index in [1.807, 2.05) is 0 Å². The predicted octanol–water partition coefficient (Wildman–Crippen LogP) is 5.30. The molecule has 0 saturated heterocycles. The van der Waals surface area contributed by atoms with Gasteiger partial charge in [0.15, 0.2) is 0 Å². The lowest BCUT2D eigenvalue weighted by Crippen LogP contribution is -1.88. The Kier molecular flexibility index (Phi) is 5.85. The summed E-state index contributed by atoms with van der Waals surface area (Å²) in [5, 5.41) is 0.775. The van der Waals surface area contributed by atoms with Crippen LogP contribution in [-0.4, -0.2) is 0 Å². The molecule has 2 N–H and O–H groups in total. The van der Waals surface area contributed by atoms with Crippen LogP contribution in [0.2, 0.25) is 10.0 Å². The maximum Gasteiger partial charge on any atom is 0.147 e. The molecule has 6 heteroatoms. The van der Waals surface area contributed by atoms with E-state index in [2.05, 4.69) is 15.9 Å². The van der Waals surface area contributed by atoms with Crippen LogP contribution in [0.4, 0.5) is 14.5 Å². The summed E-state index contributed by atoms with van der Waals surface area (Å²) < 4.78 is 25.3. The van der Waals surface area contributed by atoms with Crippen LogP contribution < -0.4 is 5.73 Å². The molecule has 0 aliphatic heterocycles. The first-order chi connectivity index (χ1) is 8.40. The van der Waals surface area contributed by atoms with E-state index in [0.717, 1.165) is 0 Å². The van der Waals surface area contributed by atoms with Crippen molar-refractivity contribution in [1.82, 2.24) is 0 Å². The van der Waals surface area contributed by atoms with Crippen LogP contribution in [0.3, 0.4) is 0 Å². The molecule has 0 fully saturated rings. The van der Waals surface area contributed by atoms with Crippen LogP contribution in [0.15, 0.2) is 40.9 Å². The van der Waals surface area contributed by atoms with Gasteiger partial charge < -0.3 is 5.73 Å². The molecule has 0 bridgehead atoms. The third-order valence-electron chi connectivity index (χ3n) is 1.84. The summed E-state index contributed by atoms with van der Waals surface area (Å²) in [6, 6.07) is 8.59. The molecule has 0 spiro atoms. The number of benzene rings is 2. The highest BCUT2D eigenvalue weighted by atomic mass is 79.9. The van der Waals surface area contributed by atoms with Crippen molar-refractivity contribution in [1.29, 1.82) is 0 Å². The van der Waals surface area contributed by atoms with E-state index >= 15 is 0 Å². The van der Waals surface area contributed by atoms with Crippen molar-refractivity contribution < 1.29 is 8.78 Å². The molecule has 18 heavy (non-hydrogen) atoms. The van der Waals surface area contributed by atoms with Crippen LogP contribution in [-0.2, 0) is 0 Å². The summed E-state index contributed by atoms with van der Waals surface area (Å²) >= 11 is 13.9. The first-order valence-electron chi connectivity index (χ1n) is 4.71. The Bertz CT molecular complexity index is 500. The predicted molar refractivity (Wildman–Crippen MR) is 74.9 cm³/mol. The quantitative estimate of drug-likeness (QED) is 0.504. The maximum absolute atomic E-state index is 12.4. The standard InChI is InChI=1S/C6H3BrClF.C6H5ClFN/c7-5-2-1-4(8)3-6(5)9;7-4-1-2-6(9)5(8)3-4/h1-3H;1-3H,9H2. The SMILES string of the molecule is Fc1cc(Cl)ccc1Br.Nc1ccc(Cl)cc1F. The number of halogens is 5. The minimum absolute atomic E-state index is 0.124. The Hall–Kier alpha value is -0.840. The van der Waals surface area contributed by atoms with Gasteiger partial charge in [0, 0.05) is 10.0 Å². The van der Waals surface area contributed by atoms with Gasteiger partial charge in [-0.15, -0.1) is 0 Å². The van der Waals surface area contributed by atoms with Gasteiger partial charge in [0.25, 0.3) is 0 Å². The maximum atomic E-state index is 12.4. The lowest BCUT2D eigenvalue weighted by molar-refractivity contribution is 0.621. The van der Waals surface area contributed by atoms with Crippen LogP contribution in [0.25, 0.3) is 0 Å². The summed E-state index contributed by atoms with van der Waals surface area (Å²) in [4.78, 5) is 0. The second-order valence-corrected chi connectivity index (χ2v) is 4.95. The molecule has 0 aromatic heterocycles. The molecule has 2 aromatic rings. The van der Waals surface area contributed by atoms with E-state index in [1.54, 1.807) is 18.2 Å². The summed E-state index contributed by atoms with van der Waals surface area (Å²) in [7, 11) is 0. The van der Waals surface area contributed by atoms with Crippen LogP contribution >= 0.6 is 39.1 Å². The second-order valence-electron chi connectivity index (χ2n) is 3.22. The number of nitrogens with two attached hydrogens (primary N) is 1. The lowest BCUT2D eigenvalue weighted by atomic mass is 10.3. The summed E-state index contributed by atoms with van der Waals surface area (Å²) in [6.45, 7) is 0. The summed E-state index contributed by atoms with van der Waals surface area (Å²) in [5.41, 5.74) is 5.28. The Labute approximate surface area is 122 Å². The van der Waals surface area contributed by atoms with Crippen molar-refractivity contribution in [2.45, 2.75) is 0 Å². The van der Waals surface area contributed by atoms with Crippen molar-refractivity contribution in [3.8, 4) is 0 Å². The Morgan fingerprint density at radius 3 is 1.78 bits per heavy atom. The average Bonchev–Trinajstić information content (AvgIpc) is 2.30. The zero-order valence-corrected chi connectivity index (χ0v) is 12.0. The number of anilines is 1. The van der Waals surface area contributed by atoms with Gasteiger partial charge in [0.2, 0.25) is 0 Å². The molecule has 2 rings (SSSR count). The van der Waals surface area contributed by atoms with Gasteiger partial charge in [-0.3, -0.25) is 0 Å². The summed E-state index contributed by atoms with van der Waals surface area (Å²) in [5.74, 6) is -0.801. The number of hydrogen-bond donors (Lipinski definition) is 1. The van der Waals surface area contributed by atoms with E-state index in [9.17, 15) is 8.78 Å². The summed E-state index contributed by atoms with van der Waals surface area (Å²) in [6.07, 6.45) is 0. The first kappa shape index (κ1) is 15.2. The molecular weight excluding hydrogens is 347 g/mol. The molecule has 0 aliphatic carbocycles. The van der Waals surface area contributed by atoms with Crippen LogP contribution in [0, 0.1) is 11.6 Å². The van der Waals surface area contributed by atoms with E-state index in [1.165, 1.54) is 18.2 Å². The molecule has 0 saturated carbocycles. The highest BCUT2D eigenvalue weighted by molar-refractivity contribution is 9.10. The van der Waals surface area contributed by atoms with Gasteiger partial charge in [-0.05, 0) is 52.3 Å². The third-order valence-corrected chi connectivity index (χ3v) is 2.96. The molecule has 1 nitrogen and oxygen atoms in total. The second kappa shape index (κ2) is 6.92. The van der Waals surface area contributed by atoms with Gasteiger partial charge >= 0.3 is 0 Å². The van der Waals surface area contributed by atoms with Gasteiger partial charge in [0.05, 0.1) is 10.2 Å². The monoisotopic (exact) mass is 353 g/mol. The molecule has 0 unspecified atom stereocenters. The third kappa shape index (κ3) is 4.80. The average molecular weight is 355 g/mol. The van der Waals surface area contributed by atoms with Gasteiger partial charge in [-0.2, -0.15) is 0 Å². The largest absolute Gasteiger partial charge is 0.396 e. The smallest absolute Gasteiger partial charge is 0.147 e. The zero-order valence-electron chi connectivity index (χ0n) is 8.93. The van der Waals surface area contributed by atoms with E-state index in [0.29, 0.717) is 14.5 Å². The van der Waals surface area contributed by atoms with Crippen molar-refractivity contribution in [2.75, 3.05) is 5.73 Å². The molecule has 0 heterocycles. The van der Waals surface area contributed by atoms with Gasteiger partial charge in [-0.25, -0.2) is 8.78 Å². The molecular formula is C12H8BrCl2F2N. The topological polar surface area (TPSA) is 26.0 Å². The van der Waals surface area contributed by atoms with Crippen molar-refractivity contribution in [3.05, 3.63) is 62.6 Å².